The maximum Gasteiger partial charge on any atom is 0.309 e. The molecule has 4 rings (SSSR count). The molecule has 3 N–H and O–H groups in total. The van der Waals surface area contributed by atoms with Gasteiger partial charge in [0.05, 0.1) is 41.0 Å². The van der Waals surface area contributed by atoms with Crippen molar-refractivity contribution in [2.45, 2.75) is 64.9 Å². The highest BCUT2D eigenvalue weighted by atomic mass is 35.5. The van der Waals surface area contributed by atoms with Gasteiger partial charge in [-0.05, 0) is 75.1 Å². The van der Waals surface area contributed by atoms with Gasteiger partial charge in [-0.3, -0.25) is 14.4 Å². The number of carboxylic acids is 1. The van der Waals surface area contributed by atoms with Crippen LogP contribution in [0.4, 0.5) is 5.69 Å². The summed E-state index contributed by atoms with van der Waals surface area (Å²) in [5.74, 6) is -1.36. The average Bonchev–Trinajstić information content (AvgIpc) is 2.92. The number of methoxy groups -OCH3 is 1. The molecule has 0 bridgehead atoms. The van der Waals surface area contributed by atoms with Gasteiger partial charge in [-0.1, -0.05) is 24.9 Å². The molecule has 2 aromatic carbocycles. The van der Waals surface area contributed by atoms with Crippen LogP contribution in [0.15, 0.2) is 30.3 Å². The third-order valence-corrected chi connectivity index (χ3v) is 8.46. The fraction of sp³-hybridized carbons (Fsp3) is 0.467. The molecular weight excluding hydrogens is 534 g/mol. The first-order valence-corrected chi connectivity index (χ1v) is 13.8. The molecule has 0 radical (unpaired) electrons. The van der Waals surface area contributed by atoms with Gasteiger partial charge in [-0.2, -0.15) is 5.26 Å². The van der Waals surface area contributed by atoms with E-state index in [1.807, 2.05) is 0 Å². The minimum atomic E-state index is -0.834. The number of hydrogen-bond donors (Lipinski definition) is 3. The van der Waals surface area contributed by atoms with E-state index in [1.54, 1.807) is 19.1 Å². The Morgan fingerprint density at radius 3 is 2.33 bits per heavy atom. The number of benzene rings is 2. The van der Waals surface area contributed by atoms with Gasteiger partial charge in [0.25, 0.3) is 11.8 Å². The standard InChI is InChI=1S/C30H34ClN3O6/c1-29(9-4-10-29)17-33-26(35)21-14-19(31)5-6-23(21)34-27(36)22-15-24(18(16-32)13-25(22)39-3)40-20-7-11-30(2,12-8-20)28(37)38/h5-6,13-15,20H,4,7-12,17H2,1-3H3,(H,33,35)(H,34,36)(H,37,38). The summed E-state index contributed by atoms with van der Waals surface area (Å²) in [6, 6.07) is 9.62. The van der Waals surface area contributed by atoms with E-state index in [0.717, 1.165) is 19.3 Å². The minimum Gasteiger partial charge on any atom is -0.496 e. The Morgan fingerprint density at radius 2 is 1.75 bits per heavy atom. The number of nitrogens with one attached hydrogen (secondary N) is 2. The lowest BCUT2D eigenvalue weighted by Gasteiger charge is -2.38. The van der Waals surface area contributed by atoms with E-state index in [9.17, 15) is 24.8 Å². The number of ether oxygens (including phenoxy) is 2. The van der Waals surface area contributed by atoms with E-state index in [-0.39, 0.29) is 51.3 Å². The van der Waals surface area contributed by atoms with Gasteiger partial charge < -0.3 is 25.2 Å². The number of carbonyl (C=O) groups excluding carboxylic acids is 2. The highest BCUT2D eigenvalue weighted by Crippen LogP contribution is 2.40. The molecule has 2 aliphatic rings. The van der Waals surface area contributed by atoms with Crippen LogP contribution in [0.25, 0.3) is 0 Å². The number of carboxylic acid groups (broad SMARTS) is 1. The normalized spacial score (nSPS) is 21.3. The van der Waals surface area contributed by atoms with Crippen molar-refractivity contribution in [2.75, 3.05) is 19.0 Å². The third kappa shape index (κ3) is 6.34. The van der Waals surface area contributed by atoms with Gasteiger partial charge >= 0.3 is 5.97 Å². The van der Waals surface area contributed by atoms with Crippen molar-refractivity contribution in [1.29, 1.82) is 5.26 Å². The largest absolute Gasteiger partial charge is 0.496 e. The van der Waals surface area contributed by atoms with Crippen molar-refractivity contribution < 1.29 is 29.0 Å². The van der Waals surface area contributed by atoms with Crippen LogP contribution in [0.1, 0.15) is 85.1 Å². The first-order chi connectivity index (χ1) is 19.0. The molecule has 2 fully saturated rings. The lowest BCUT2D eigenvalue weighted by atomic mass is 9.70. The lowest BCUT2D eigenvalue weighted by Crippen LogP contribution is -2.40. The first kappa shape index (κ1) is 29.2. The average molecular weight is 568 g/mol. The van der Waals surface area contributed by atoms with Crippen molar-refractivity contribution in [1.82, 2.24) is 5.32 Å². The van der Waals surface area contributed by atoms with E-state index in [2.05, 4.69) is 23.6 Å². The second-order valence-electron chi connectivity index (χ2n) is 11.3. The molecule has 10 heteroatoms. The topological polar surface area (TPSA) is 138 Å². The number of anilines is 1. The number of aliphatic carboxylic acids is 1. The van der Waals surface area contributed by atoms with Gasteiger partial charge in [0, 0.05) is 17.6 Å². The summed E-state index contributed by atoms with van der Waals surface area (Å²) in [6.07, 6.45) is 4.84. The number of rotatable bonds is 9. The van der Waals surface area contributed by atoms with Crippen molar-refractivity contribution in [3.8, 4) is 17.6 Å². The Hall–Kier alpha value is -3.77. The molecule has 40 heavy (non-hydrogen) atoms. The summed E-state index contributed by atoms with van der Waals surface area (Å²) in [5, 5.41) is 25.3. The molecule has 0 unspecified atom stereocenters. The van der Waals surface area contributed by atoms with E-state index in [0.29, 0.717) is 37.3 Å². The van der Waals surface area contributed by atoms with E-state index in [4.69, 9.17) is 21.1 Å². The second-order valence-corrected chi connectivity index (χ2v) is 11.8. The number of hydrogen-bond acceptors (Lipinski definition) is 6. The summed E-state index contributed by atoms with van der Waals surface area (Å²) in [5.41, 5.74) is 0.0912. The van der Waals surface area contributed by atoms with Crippen LogP contribution < -0.4 is 20.1 Å². The number of nitrogens with zero attached hydrogens (tertiary/aromatic N) is 1. The predicted octanol–water partition coefficient (Wildman–Crippen LogP) is 5.80. The molecule has 2 aromatic rings. The third-order valence-electron chi connectivity index (χ3n) is 8.22. The van der Waals surface area contributed by atoms with Crippen LogP contribution in [0.2, 0.25) is 5.02 Å². The highest BCUT2D eigenvalue weighted by molar-refractivity contribution is 6.31. The molecule has 2 aliphatic carbocycles. The predicted molar refractivity (Wildman–Crippen MR) is 150 cm³/mol. The van der Waals surface area contributed by atoms with Crippen LogP contribution in [-0.4, -0.2) is 42.6 Å². The summed E-state index contributed by atoms with van der Waals surface area (Å²) in [7, 11) is 1.39. The molecule has 0 spiro atoms. The van der Waals surface area contributed by atoms with Crippen LogP contribution in [0.3, 0.4) is 0 Å². The molecule has 0 saturated heterocycles. The number of amides is 2. The van der Waals surface area contributed by atoms with E-state index in [1.165, 1.54) is 25.3 Å². The molecule has 9 nitrogen and oxygen atoms in total. The van der Waals surface area contributed by atoms with E-state index >= 15 is 0 Å². The zero-order valence-corrected chi connectivity index (χ0v) is 23.7. The Kier molecular flexibility index (Phi) is 8.59. The lowest BCUT2D eigenvalue weighted by molar-refractivity contribution is -0.150. The van der Waals surface area contributed by atoms with Gasteiger partial charge in [0.2, 0.25) is 0 Å². The monoisotopic (exact) mass is 567 g/mol. The number of nitriles is 1. The zero-order valence-electron chi connectivity index (χ0n) is 22.9. The van der Waals surface area contributed by atoms with Gasteiger partial charge in [0.1, 0.15) is 17.6 Å². The van der Waals surface area contributed by atoms with Crippen LogP contribution in [0, 0.1) is 22.2 Å². The maximum absolute atomic E-state index is 13.5. The van der Waals surface area contributed by atoms with Crippen LogP contribution >= 0.6 is 11.6 Å². The fourth-order valence-electron chi connectivity index (χ4n) is 5.18. The summed E-state index contributed by atoms with van der Waals surface area (Å²) >= 11 is 6.18. The van der Waals surface area contributed by atoms with E-state index < -0.39 is 17.3 Å². The maximum atomic E-state index is 13.5. The fourth-order valence-corrected chi connectivity index (χ4v) is 5.35. The van der Waals surface area contributed by atoms with Crippen LogP contribution in [0.5, 0.6) is 11.5 Å². The molecule has 2 amide bonds. The van der Waals surface area contributed by atoms with Crippen molar-refractivity contribution >= 4 is 35.1 Å². The Bertz CT molecular complexity index is 1360. The second kappa shape index (κ2) is 11.8. The Morgan fingerprint density at radius 1 is 1.05 bits per heavy atom. The SMILES string of the molecule is COc1cc(C#N)c(OC2CCC(C)(C(=O)O)CC2)cc1C(=O)Nc1ccc(Cl)cc1C(=O)NCC1(C)CCC1. The smallest absolute Gasteiger partial charge is 0.309 e. The van der Waals surface area contributed by atoms with Crippen molar-refractivity contribution in [2.24, 2.45) is 10.8 Å². The summed E-state index contributed by atoms with van der Waals surface area (Å²) in [4.78, 5) is 38.1. The Balaban J connectivity index is 1.55. The molecule has 0 atom stereocenters. The van der Waals surface area contributed by atoms with Crippen LogP contribution in [-0.2, 0) is 4.79 Å². The van der Waals surface area contributed by atoms with Gasteiger partial charge in [-0.15, -0.1) is 0 Å². The molecule has 2 saturated carbocycles. The first-order valence-electron chi connectivity index (χ1n) is 13.4. The molecule has 0 heterocycles. The molecule has 0 aromatic heterocycles. The van der Waals surface area contributed by atoms with Gasteiger partial charge in [-0.25, -0.2) is 0 Å². The minimum absolute atomic E-state index is 0.0779. The number of carbonyl (C=O) groups is 3. The molecular formula is C30H34ClN3O6. The molecule has 212 valence electrons. The summed E-state index contributed by atoms with van der Waals surface area (Å²) < 4.78 is 11.5. The quantitative estimate of drug-likeness (QED) is 0.348. The van der Waals surface area contributed by atoms with Crippen molar-refractivity contribution in [3.63, 3.8) is 0 Å². The molecule has 0 aliphatic heterocycles. The van der Waals surface area contributed by atoms with Crippen molar-refractivity contribution in [3.05, 3.63) is 52.0 Å². The highest BCUT2D eigenvalue weighted by Gasteiger charge is 2.38. The Labute approximate surface area is 238 Å². The zero-order chi connectivity index (χ0) is 29.1. The number of halogens is 1. The summed E-state index contributed by atoms with van der Waals surface area (Å²) in [6.45, 7) is 4.38. The van der Waals surface area contributed by atoms with Gasteiger partial charge in [0.15, 0.2) is 0 Å².